The van der Waals surface area contributed by atoms with E-state index >= 15 is 0 Å². The molecule has 1 atom stereocenters. The Bertz CT molecular complexity index is 955. The zero-order chi connectivity index (χ0) is 21.1. The molecule has 0 aliphatic rings. The Morgan fingerprint density at radius 2 is 1.79 bits per heavy atom. The molecule has 0 aliphatic carbocycles. The van der Waals surface area contributed by atoms with E-state index < -0.39 is 16.1 Å². The smallest absolute Gasteiger partial charge is 0.265 e. The lowest BCUT2D eigenvalue weighted by Gasteiger charge is -2.20. The van der Waals surface area contributed by atoms with Crippen LogP contribution in [0.2, 0.25) is 0 Å². The van der Waals surface area contributed by atoms with Gasteiger partial charge in [0.05, 0.1) is 11.9 Å². The predicted octanol–water partition coefficient (Wildman–Crippen LogP) is 3.92. The van der Waals surface area contributed by atoms with Gasteiger partial charge in [-0.3, -0.25) is 9.10 Å². The lowest BCUT2D eigenvalue weighted by atomic mass is 10.0. The van der Waals surface area contributed by atoms with Crippen LogP contribution in [0.25, 0.3) is 0 Å². The number of sulfonamides is 1. The summed E-state index contributed by atoms with van der Waals surface area (Å²) in [6.07, 6.45) is 0.415. The van der Waals surface area contributed by atoms with Crippen molar-refractivity contribution in [3.8, 4) is 5.75 Å². The summed E-state index contributed by atoms with van der Waals surface area (Å²) in [5.41, 5.74) is 3.07. The van der Waals surface area contributed by atoms with Gasteiger partial charge in [0.2, 0.25) is 10.0 Å². The Labute approximate surface area is 167 Å². The molecule has 0 radical (unpaired) electrons. The van der Waals surface area contributed by atoms with Crippen LogP contribution < -0.4 is 14.4 Å². The molecule has 6 nitrogen and oxygen atoms in total. The van der Waals surface area contributed by atoms with Gasteiger partial charge in [0, 0.05) is 12.7 Å². The fourth-order valence-corrected chi connectivity index (χ4v) is 3.18. The van der Waals surface area contributed by atoms with Crippen molar-refractivity contribution < 1.29 is 17.9 Å². The molecule has 0 fully saturated rings. The lowest BCUT2D eigenvalue weighted by Crippen LogP contribution is -2.30. The Morgan fingerprint density at radius 1 is 1.11 bits per heavy atom. The van der Waals surface area contributed by atoms with Crippen molar-refractivity contribution in [1.29, 1.82) is 0 Å². The highest BCUT2D eigenvalue weighted by atomic mass is 32.2. The number of benzene rings is 2. The van der Waals surface area contributed by atoms with Gasteiger partial charge in [-0.1, -0.05) is 32.0 Å². The minimum Gasteiger partial charge on any atom is -0.481 e. The molecule has 1 amide bonds. The number of carbonyl (C=O) groups is 1. The monoisotopic (exact) mass is 404 g/mol. The van der Waals surface area contributed by atoms with Crippen molar-refractivity contribution >= 4 is 27.3 Å². The van der Waals surface area contributed by atoms with E-state index in [1.807, 2.05) is 25.1 Å². The van der Waals surface area contributed by atoms with Gasteiger partial charge in [-0.25, -0.2) is 8.42 Å². The van der Waals surface area contributed by atoms with Crippen molar-refractivity contribution in [1.82, 2.24) is 0 Å². The summed E-state index contributed by atoms with van der Waals surface area (Å²) >= 11 is 0. The van der Waals surface area contributed by atoms with E-state index in [2.05, 4.69) is 19.2 Å². The molecular formula is C21H28N2O4S. The molecule has 0 spiro atoms. The second kappa shape index (κ2) is 8.65. The first kappa shape index (κ1) is 21.8. The number of hydrogen-bond donors (Lipinski definition) is 1. The maximum absolute atomic E-state index is 12.6. The van der Waals surface area contributed by atoms with Crippen LogP contribution in [-0.2, 0) is 14.8 Å². The highest BCUT2D eigenvalue weighted by molar-refractivity contribution is 7.92. The highest BCUT2D eigenvalue weighted by Gasteiger charge is 2.19. The number of rotatable bonds is 7. The second-order valence-electron chi connectivity index (χ2n) is 7.23. The van der Waals surface area contributed by atoms with E-state index in [-0.39, 0.29) is 11.8 Å². The van der Waals surface area contributed by atoms with Gasteiger partial charge < -0.3 is 10.1 Å². The number of anilines is 2. The summed E-state index contributed by atoms with van der Waals surface area (Å²) in [4.78, 5) is 12.6. The van der Waals surface area contributed by atoms with Crippen LogP contribution in [0.3, 0.4) is 0 Å². The fourth-order valence-electron chi connectivity index (χ4n) is 2.68. The largest absolute Gasteiger partial charge is 0.481 e. The SMILES string of the molecule is Cc1ccc(C(C)C)c(O[C@@H](C)C(=O)Nc2cccc(N(C)S(C)(=O)=O)c2)c1. The van der Waals surface area contributed by atoms with Crippen molar-refractivity contribution in [2.75, 3.05) is 22.9 Å². The number of amides is 1. The van der Waals surface area contributed by atoms with Crippen molar-refractivity contribution in [3.63, 3.8) is 0 Å². The molecule has 2 aromatic rings. The van der Waals surface area contributed by atoms with E-state index in [0.29, 0.717) is 17.1 Å². The van der Waals surface area contributed by atoms with E-state index in [9.17, 15) is 13.2 Å². The van der Waals surface area contributed by atoms with Gasteiger partial charge in [0.15, 0.2) is 6.10 Å². The molecule has 0 aliphatic heterocycles. The molecule has 0 heterocycles. The summed E-state index contributed by atoms with van der Waals surface area (Å²) in [6, 6.07) is 12.6. The van der Waals surface area contributed by atoms with Gasteiger partial charge in [-0.05, 0) is 55.2 Å². The third-order valence-electron chi connectivity index (χ3n) is 4.44. The number of carbonyl (C=O) groups excluding carboxylic acids is 1. The van der Waals surface area contributed by atoms with Crippen molar-refractivity contribution in [2.24, 2.45) is 0 Å². The average molecular weight is 405 g/mol. The van der Waals surface area contributed by atoms with Crippen LogP contribution >= 0.6 is 0 Å². The zero-order valence-electron chi connectivity index (χ0n) is 17.2. The molecule has 28 heavy (non-hydrogen) atoms. The molecule has 0 bridgehead atoms. The van der Waals surface area contributed by atoms with Crippen molar-refractivity contribution in [2.45, 2.75) is 39.7 Å². The van der Waals surface area contributed by atoms with E-state index in [0.717, 1.165) is 21.7 Å². The predicted molar refractivity (Wildman–Crippen MR) is 114 cm³/mol. The normalized spacial score (nSPS) is 12.5. The molecule has 0 unspecified atom stereocenters. The van der Waals surface area contributed by atoms with Crippen LogP contribution in [0.1, 0.15) is 37.8 Å². The zero-order valence-corrected chi connectivity index (χ0v) is 18.0. The summed E-state index contributed by atoms with van der Waals surface area (Å²) in [7, 11) is -1.91. The molecule has 1 N–H and O–H groups in total. The number of aryl methyl sites for hydroxylation is 1. The Hall–Kier alpha value is -2.54. The second-order valence-corrected chi connectivity index (χ2v) is 9.24. The molecule has 0 saturated carbocycles. The third kappa shape index (κ3) is 5.48. The Balaban J connectivity index is 2.15. The fraction of sp³-hybridized carbons (Fsp3) is 0.381. The number of nitrogens with zero attached hydrogens (tertiary/aromatic N) is 1. The summed E-state index contributed by atoms with van der Waals surface area (Å²) < 4.78 is 30.5. The van der Waals surface area contributed by atoms with Crippen LogP contribution in [-0.4, -0.2) is 33.7 Å². The molecular weight excluding hydrogens is 376 g/mol. The minimum absolute atomic E-state index is 0.272. The quantitative estimate of drug-likeness (QED) is 0.759. The molecule has 152 valence electrons. The van der Waals surface area contributed by atoms with Crippen LogP contribution in [0.15, 0.2) is 42.5 Å². The molecule has 2 aromatic carbocycles. The topological polar surface area (TPSA) is 75.7 Å². The lowest BCUT2D eigenvalue weighted by molar-refractivity contribution is -0.122. The van der Waals surface area contributed by atoms with Gasteiger partial charge in [0.25, 0.3) is 5.91 Å². The van der Waals surface area contributed by atoms with Crippen LogP contribution in [0, 0.1) is 6.92 Å². The Morgan fingerprint density at radius 3 is 2.39 bits per heavy atom. The molecule has 0 saturated heterocycles. The first-order valence-electron chi connectivity index (χ1n) is 9.11. The third-order valence-corrected chi connectivity index (χ3v) is 5.64. The molecule has 2 rings (SSSR count). The van der Waals surface area contributed by atoms with Gasteiger partial charge >= 0.3 is 0 Å². The minimum atomic E-state index is -3.38. The Kier molecular flexibility index (Phi) is 6.72. The van der Waals surface area contributed by atoms with Crippen LogP contribution in [0.4, 0.5) is 11.4 Å². The number of hydrogen-bond acceptors (Lipinski definition) is 4. The van der Waals surface area contributed by atoms with E-state index in [1.165, 1.54) is 7.05 Å². The van der Waals surface area contributed by atoms with Gasteiger partial charge in [-0.15, -0.1) is 0 Å². The summed E-state index contributed by atoms with van der Waals surface area (Å²) in [5.74, 6) is 0.660. The maximum Gasteiger partial charge on any atom is 0.265 e. The highest BCUT2D eigenvalue weighted by Crippen LogP contribution is 2.28. The molecule has 0 aromatic heterocycles. The summed E-state index contributed by atoms with van der Waals surface area (Å²) in [6.45, 7) is 7.82. The first-order chi connectivity index (χ1) is 13.0. The number of ether oxygens (including phenoxy) is 1. The van der Waals surface area contributed by atoms with Gasteiger partial charge in [-0.2, -0.15) is 0 Å². The molecule has 7 heteroatoms. The number of nitrogens with one attached hydrogen (secondary N) is 1. The van der Waals surface area contributed by atoms with Gasteiger partial charge in [0.1, 0.15) is 5.75 Å². The standard InChI is InChI=1S/C21H28N2O4S/c1-14(2)19-11-10-15(3)12-20(19)27-16(4)21(24)22-17-8-7-9-18(13-17)23(5)28(6,25)26/h7-14,16H,1-6H3,(H,22,24)/t16-/m0/s1. The van der Waals surface area contributed by atoms with Crippen LogP contribution in [0.5, 0.6) is 5.75 Å². The van der Waals surface area contributed by atoms with E-state index in [1.54, 1.807) is 31.2 Å². The summed E-state index contributed by atoms with van der Waals surface area (Å²) in [5, 5.41) is 2.79. The van der Waals surface area contributed by atoms with Crippen molar-refractivity contribution in [3.05, 3.63) is 53.6 Å². The first-order valence-corrected chi connectivity index (χ1v) is 11.0. The maximum atomic E-state index is 12.6. The average Bonchev–Trinajstić information content (AvgIpc) is 2.60. The van der Waals surface area contributed by atoms with E-state index in [4.69, 9.17) is 4.74 Å².